The van der Waals surface area contributed by atoms with Crippen LogP contribution in [-0.2, 0) is 28.9 Å². The van der Waals surface area contributed by atoms with E-state index in [1.807, 2.05) is 0 Å². The van der Waals surface area contributed by atoms with E-state index in [1.165, 1.54) is 128 Å². The van der Waals surface area contributed by atoms with Crippen LogP contribution >= 0.6 is 0 Å². The zero-order valence-corrected chi connectivity index (χ0v) is 37.5. The summed E-state index contributed by atoms with van der Waals surface area (Å²) in [4.78, 5) is 13.1. The third-order valence-electron chi connectivity index (χ3n) is 11.1. The van der Waals surface area contributed by atoms with Gasteiger partial charge in [-0.1, -0.05) is 186 Å². The highest BCUT2D eigenvalue weighted by Crippen LogP contribution is 2.26. The monoisotopic (exact) mass is 864 g/mol. The third-order valence-corrected chi connectivity index (χ3v) is 11.6. The van der Waals surface area contributed by atoms with Crippen molar-refractivity contribution < 1.29 is 57.0 Å². The Labute approximate surface area is 357 Å². The van der Waals surface area contributed by atoms with Gasteiger partial charge >= 0.3 is 10.4 Å². The number of carbonyl (C=O) groups is 1. The van der Waals surface area contributed by atoms with Crippen LogP contribution in [0.15, 0.2) is 24.3 Å². The van der Waals surface area contributed by atoms with Gasteiger partial charge in [0.2, 0.25) is 5.91 Å². The minimum absolute atomic E-state index is 0.240. The van der Waals surface area contributed by atoms with Crippen LogP contribution in [-0.4, -0.2) is 107 Å². The molecule has 1 amide bonds. The number of aliphatic hydroxyl groups is 5. The molecule has 0 spiro atoms. The highest BCUT2D eigenvalue weighted by molar-refractivity contribution is 7.80. The second-order valence-corrected chi connectivity index (χ2v) is 17.5. The van der Waals surface area contributed by atoms with Crippen LogP contribution in [0.1, 0.15) is 194 Å². The third kappa shape index (κ3) is 28.7. The zero-order valence-electron chi connectivity index (χ0n) is 36.7. The van der Waals surface area contributed by atoms with Crippen molar-refractivity contribution in [2.24, 2.45) is 0 Å². The Bertz CT molecular complexity index is 1170. The van der Waals surface area contributed by atoms with Crippen molar-refractivity contribution in [2.45, 2.75) is 243 Å². The van der Waals surface area contributed by atoms with E-state index in [9.17, 15) is 43.3 Å². The van der Waals surface area contributed by atoms with Crippen LogP contribution in [0.3, 0.4) is 0 Å². The average molecular weight is 864 g/mol. The van der Waals surface area contributed by atoms with Crippen LogP contribution in [0.5, 0.6) is 0 Å². The Kier molecular flexibility index (Phi) is 34.0. The molecule has 348 valence electrons. The van der Waals surface area contributed by atoms with E-state index in [2.05, 4.69) is 35.5 Å². The smallest absolute Gasteiger partial charge is 0.394 e. The van der Waals surface area contributed by atoms with E-state index >= 15 is 0 Å². The van der Waals surface area contributed by atoms with E-state index < -0.39 is 78.5 Å². The van der Waals surface area contributed by atoms with Gasteiger partial charge in [0.25, 0.3) is 0 Å². The Morgan fingerprint density at radius 2 is 1.14 bits per heavy atom. The molecule has 14 heteroatoms. The minimum Gasteiger partial charge on any atom is -0.394 e. The molecule has 0 radical (unpaired) electrons. The molecule has 7 N–H and O–H groups in total. The van der Waals surface area contributed by atoms with Crippen molar-refractivity contribution in [1.82, 2.24) is 5.32 Å². The number of hydrogen-bond donors (Lipinski definition) is 7. The molecular formula is C45H85NO12S. The van der Waals surface area contributed by atoms with Gasteiger partial charge in [0, 0.05) is 0 Å². The topological polar surface area (TPSA) is 212 Å². The first kappa shape index (κ1) is 55.6. The Morgan fingerprint density at radius 1 is 0.678 bits per heavy atom. The number of aliphatic hydroxyl groups excluding tert-OH is 5. The van der Waals surface area contributed by atoms with Gasteiger partial charge in [0.05, 0.1) is 25.4 Å². The first-order valence-corrected chi connectivity index (χ1v) is 24.7. The summed E-state index contributed by atoms with van der Waals surface area (Å²) in [5.41, 5.74) is 0. The summed E-state index contributed by atoms with van der Waals surface area (Å²) in [5, 5.41) is 55.1. The molecular weight excluding hydrogens is 779 g/mol. The molecule has 0 aromatic heterocycles. The van der Waals surface area contributed by atoms with Crippen molar-refractivity contribution >= 4 is 16.3 Å². The van der Waals surface area contributed by atoms with Gasteiger partial charge in [-0.15, -0.1) is 0 Å². The van der Waals surface area contributed by atoms with Gasteiger partial charge in [-0.3, -0.25) is 9.35 Å². The Morgan fingerprint density at radius 3 is 1.63 bits per heavy atom. The van der Waals surface area contributed by atoms with E-state index in [1.54, 1.807) is 6.08 Å². The van der Waals surface area contributed by atoms with Gasteiger partial charge in [-0.25, -0.2) is 4.18 Å². The quantitative estimate of drug-likeness (QED) is 0.0179. The summed E-state index contributed by atoms with van der Waals surface area (Å²) >= 11 is 0. The first-order valence-electron chi connectivity index (χ1n) is 23.3. The number of nitrogens with one attached hydrogen (secondary N) is 1. The number of allylic oxidation sites excluding steroid dienone is 3. The molecule has 0 aromatic carbocycles. The van der Waals surface area contributed by atoms with Crippen molar-refractivity contribution in [1.29, 1.82) is 0 Å². The molecule has 1 saturated heterocycles. The van der Waals surface area contributed by atoms with Crippen LogP contribution < -0.4 is 5.32 Å². The fourth-order valence-electron chi connectivity index (χ4n) is 7.36. The maximum Gasteiger partial charge on any atom is 0.397 e. The second kappa shape index (κ2) is 36.1. The van der Waals surface area contributed by atoms with Crippen molar-refractivity contribution in [3.05, 3.63) is 24.3 Å². The number of hydrogen-bond acceptors (Lipinski definition) is 11. The SMILES string of the molecule is CCCCCCCCCC/C=C/CC/C=C/C(O)C(COC1OC(CO)C(O)C(OS(=O)(=O)O)C1O)NC(=O)C(O)CCCCCCCCCCCCCCCCCC. The molecule has 8 unspecified atom stereocenters. The predicted molar refractivity (Wildman–Crippen MR) is 233 cm³/mol. The van der Waals surface area contributed by atoms with E-state index in [0.717, 1.165) is 38.5 Å². The maximum atomic E-state index is 13.1. The van der Waals surface area contributed by atoms with Gasteiger partial charge in [-0.05, 0) is 32.1 Å². The van der Waals surface area contributed by atoms with Gasteiger partial charge in [0.1, 0.15) is 30.5 Å². The average Bonchev–Trinajstić information content (AvgIpc) is 3.20. The lowest BCUT2D eigenvalue weighted by Gasteiger charge is -2.41. The number of amides is 1. The van der Waals surface area contributed by atoms with E-state index in [0.29, 0.717) is 12.8 Å². The summed E-state index contributed by atoms with van der Waals surface area (Å²) in [7, 11) is -5.12. The summed E-state index contributed by atoms with van der Waals surface area (Å²) in [6.45, 7) is 3.19. The number of ether oxygens (including phenoxy) is 2. The molecule has 0 saturated carbocycles. The molecule has 1 heterocycles. The van der Waals surface area contributed by atoms with E-state index in [4.69, 9.17) is 9.47 Å². The normalized spacial score (nSPS) is 21.7. The molecule has 0 bridgehead atoms. The number of carbonyl (C=O) groups excluding carboxylic acids is 1. The molecule has 13 nitrogen and oxygen atoms in total. The lowest BCUT2D eigenvalue weighted by atomic mass is 9.99. The molecule has 1 aliphatic heterocycles. The highest BCUT2D eigenvalue weighted by Gasteiger charge is 2.48. The largest absolute Gasteiger partial charge is 0.397 e. The number of rotatable bonds is 39. The Hall–Kier alpha value is -1.46. The second-order valence-electron chi connectivity index (χ2n) is 16.5. The Balaban J connectivity index is 2.60. The van der Waals surface area contributed by atoms with Crippen LogP contribution in [0.2, 0.25) is 0 Å². The van der Waals surface area contributed by atoms with E-state index in [-0.39, 0.29) is 6.42 Å². The van der Waals surface area contributed by atoms with Gasteiger partial charge in [0.15, 0.2) is 6.29 Å². The molecule has 0 aliphatic carbocycles. The summed E-state index contributed by atoms with van der Waals surface area (Å²) in [6.07, 6.45) is 28.3. The van der Waals surface area contributed by atoms with Gasteiger partial charge in [-0.2, -0.15) is 8.42 Å². The zero-order chi connectivity index (χ0) is 43.6. The lowest BCUT2D eigenvalue weighted by Crippen LogP contribution is -2.61. The minimum atomic E-state index is -5.12. The van der Waals surface area contributed by atoms with Crippen molar-refractivity contribution in [2.75, 3.05) is 13.2 Å². The molecule has 59 heavy (non-hydrogen) atoms. The number of unbranched alkanes of at least 4 members (excludes halogenated alkanes) is 24. The molecule has 1 rings (SSSR count). The summed E-state index contributed by atoms with van der Waals surface area (Å²) in [6, 6.07) is -1.13. The summed E-state index contributed by atoms with van der Waals surface area (Å²) < 4.78 is 47.5. The summed E-state index contributed by atoms with van der Waals surface area (Å²) in [5.74, 6) is -0.711. The molecule has 8 atom stereocenters. The molecule has 0 aromatic rings. The van der Waals surface area contributed by atoms with Crippen LogP contribution in [0.4, 0.5) is 0 Å². The molecule has 1 fully saturated rings. The standard InChI is InChI=1S/C45H85NO12S/c1-3-5-7-9-11-13-15-17-19-20-22-24-26-28-30-32-34-39(49)44(52)46-37(36-56-45-42(51)43(58-59(53,54)55)41(50)40(35-47)57-45)38(48)33-31-29-27-25-23-21-18-16-14-12-10-8-6-4-2/h23,25,31,33,37-43,45,47-51H,3-22,24,26-30,32,34-36H2,1-2H3,(H,46,52)(H,53,54,55)/b25-23+,33-31+. The van der Waals surface area contributed by atoms with Crippen molar-refractivity contribution in [3.8, 4) is 0 Å². The highest BCUT2D eigenvalue weighted by atomic mass is 32.3. The van der Waals surface area contributed by atoms with Crippen molar-refractivity contribution in [3.63, 3.8) is 0 Å². The van der Waals surface area contributed by atoms with Crippen LogP contribution in [0.25, 0.3) is 0 Å². The first-order chi connectivity index (χ1) is 28.4. The van der Waals surface area contributed by atoms with Crippen LogP contribution in [0, 0.1) is 0 Å². The fraction of sp³-hybridized carbons (Fsp3) is 0.889. The molecule has 1 aliphatic rings. The fourth-order valence-corrected chi connectivity index (χ4v) is 7.87. The van der Waals surface area contributed by atoms with Gasteiger partial charge < -0.3 is 40.3 Å². The maximum absolute atomic E-state index is 13.1. The predicted octanol–water partition coefficient (Wildman–Crippen LogP) is 7.91. The lowest BCUT2D eigenvalue weighted by molar-refractivity contribution is -0.298.